The van der Waals surface area contributed by atoms with Gasteiger partial charge < -0.3 is 20.6 Å². The number of carbonyl (C=O) groups excluding carboxylic acids is 3. The van der Waals surface area contributed by atoms with E-state index in [1.165, 1.54) is 11.0 Å². The van der Waals surface area contributed by atoms with Crippen molar-refractivity contribution in [2.75, 3.05) is 17.2 Å². The highest BCUT2D eigenvalue weighted by atomic mass is 35.5. The van der Waals surface area contributed by atoms with E-state index in [1.807, 2.05) is 13.0 Å². The van der Waals surface area contributed by atoms with Gasteiger partial charge in [-0.2, -0.15) is 0 Å². The minimum absolute atomic E-state index is 0.0866. The maximum atomic E-state index is 13.3. The Labute approximate surface area is 201 Å². The number of hydrogen-bond donors (Lipinski definition) is 3. The van der Waals surface area contributed by atoms with E-state index in [4.69, 9.17) is 11.6 Å². The second kappa shape index (κ2) is 10.0. The van der Waals surface area contributed by atoms with Gasteiger partial charge in [0, 0.05) is 29.9 Å². The number of rotatable bonds is 6. The summed E-state index contributed by atoms with van der Waals surface area (Å²) in [5.41, 5.74) is 2.80. The number of nitrogens with zero attached hydrogens (tertiary/aromatic N) is 2. The Morgan fingerprint density at radius 2 is 1.91 bits per heavy atom. The molecular weight excluding hydrogens is 456 g/mol. The number of halogens is 1. The number of carbonyl (C=O) groups is 3. The van der Waals surface area contributed by atoms with E-state index in [-0.39, 0.29) is 31.4 Å². The number of pyridine rings is 1. The molecule has 0 saturated carbocycles. The SMILES string of the molecule is Cc1ccc(NC(=O)c2ccc(CN3C(=O)c4ccc(Cl)cc4NC(=O)C3CCO)cc2)nc1. The van der Waals surface area contributed by atoms with Gasteiger partial charge in [0.15, 0.2) is 0 Å². The normalized spacial score (nSPS) is 15.4. The molecule has 1 unspecified atom stereocenters. The molecule has 0 aliphatic carbocycles. The van der Waals surface area contributed by atoms with Gasteiger partial charge in [-0.1, -0.05) is 29.8 Å². The van der Waals surface area contributed by atoms with Gasteiger partial charge in [0.25, 0.3) is 11.8 Å². The van der Waals surface area contributed by atoms with Crippen molar-refractivity contribution in [3.8, 4) is 0 Å². The zero-order chi connectivity index (χ0) is 24.2. The molecule has 1 aliphatic rings. The monoisotopic (exact) mass is 478 g/mol. The fourth-order valence-corrected chi connectivity index (χ4v) is 3.91. The number of nitrogens with one attached hydrogen (secondary N) is 2. The lowest BCUT2D eigenvalue weighted by Crippen LogP contribution is -2.45. The Morgan fingerprint density at radius 3 is 2.59 bits per heavy atom. The van der Waals surface area contributed by atoms with E-state index in [0.717, 1.165) is 11.1 Å². The summed E-state index contributed by atoms with van der Waals surface area (Å²) < 4.78 is 0. The summed E-state index contributed by atoms with van der Waals surface area (Å²) in [6.45, 7) is 1.78. The molecule has 0 saturated heterocycles. The summed E-state index contributed by atoms with van der Waals surface area (Å²) in [4.78, 5) is 44.3. The summed E-state index contributed by atoms with van der Waals surface area (Å²) >= 11 is 6.03. The van der Waals surface area contributed by atoms with Gasteiger partial charge in [0.05, 0.1) is 11.3 Å². The van der Waals surface area contributed by atoms with E-state index >= 15 is 0 Å². The fraction of sp³-hybridized carbons (Fsp3) is 0.200. The Kier molecular flexibility index (Phi) is 6.90. The van der Waals surface area contributed by atoms with Crippen LogP contribution in [-0.4, -0.2) is 45.4 Å². The molecule has 174 valence electrons. The summed E-state index contributed by atoms with van der Waals surface area (Å²) in [5.74, 6) is -0.607. The maximum Gasteiger partial charge on any atom is 0.256 e. The first-order valence-electron chi connectivity index (χ1n) is 10.7. The number of anilines is 2. The van der Waals surface area contributed by atoms with E-state index in [1.54, 1.807) is 48.7 Å². The molecule has 9 heteroatoms. The lowest BCUT2D eigenvalue weighted by Gasteiger charge is -2.28. The third kappa shape index (κ3) is 5.08. The first-order valence-corrected chi connectivity index (χ1v) is 11.1. The number of aromatic nitrogens is 1. The van der Waals surface area contributed by atoms with Crippen molar-refractivity contribution in [3.63, 3.8) is 0 Å². The molecule has 34 heavy (non-hydrogen) atoms. The molecule has 1 atom stereocenters. The number of aryl methyl sites for hydroxylation is 1. The standard InChI is InChI=1S/C25H23ClN4O4/c1-15-2-9-22(27-13-15)29-23(32)17-5-3-16(4-6-17)14-30-21(10-11-31)24(33)28-20-12-18(26)7-8-19(20)25(30)34/h2-9,12-13,21,31H,10-11,14H2,1H3,(H,28,33)(H,27,29,32). The van der Waals surface area contributed by atoms with Crippen molar-refractivity contribution in [1.29, 1.82) is 0 Å². The summed E-state index contributed by atoms with van der Waals surface area (Å²) in [6, 6.07) is 14.2. The highest BCUT2D eigenvalue weighted by Crippen LogP contribution is 2.28. The van der Waals surface area contributed by atoms with E-state index in [2.05, 4.69) is 15.6 Å². The molecule has 8 nitrogen and oxygen atoms in total. The van der Waals surface area contributed by atoms with E-state index < -0.39 is 11.9 Å². The summed E-state index contributed by atoms with van der Waals surface area (Å²) in [5, 5.41) is 15.4. The maximum absolute atomic E-state index is 13.3. The average Bonchev–Trinajstić information content (AvgIpc) is 2.91. The van der Waals surface area contributed by atoms with Gasteiger partial charge in [0.2, 0.25) is 5.91 Å². The van der Waals surface area contributed by atoms with Crippen LogP contribution in [0.3, 0.4) is 0 Å². The van der Waals surface area contributed by atoms with Gasteiger partial charge in [-0.25, -0.2) is 4.98 Å². The first kappa shape index (κ1) is 23.4. The molecule has 1 aliphatic heterocycles. The number of aliphatic hydroxyl groups excluding tert-OH is 1. The fourth-order valence-electron chi connectivity index (χ4n) is 3.74. The van der Waals surface area contributed by atoms with E-state index in [9.17, 15) is 19.5 Å². The molecule has 2 heterocycles. The van der Waals surface area contributed by atoms with Crippen molar-refractivity contribution in [3.05, 3.63) is 88.1 Å². The third-order valence-electron chi connectivity index (χ3n) is 5.53. The number of benzene rings is 2. The average molecular weight is 479 g/mol. The number of hydrogen-bond acceptors (Lipinski definition) is 5. The van der Waals surface area contributed by atoms with Crippen molar-refractivity contribution in [1.82, 2.24) is 9.88 Å². The molecule has 0 spiro atoms. The second-order valence-electron chi connectivity index (χ2n) is 8.01. The van der Waals surface area contributed by atoms with Crippen LogP contribution >= 0.6 is 11.6 Å². The van der Waals surface area contributed by atoms with Crippen LogP contribution in [0, 0.1) is 6.92 Å². The molecule has 2 aromatic carbocycles. The van der Waals surface area contributed by atoms with Gasteiger partial charge in [-0.05, 0) is 60.9 Å². The van der Waals surface area contributed by atoms with Gasteiger partial charge in [0.1, 0.15) is 11.9 Å². The Bertz CT molecular complexity index is 1230. The molecular formula is C25H23ClN4O4. The van der Waals surface area contributed by atoms with Gasteiger partial charge >= 0.3 is 0 Å². The molecule has 3 N–H and O–H groups in total. The molecule has 0 bridgehead atoms. The van der Waals surface area contributed by atoms with Crippen LogP contribution in [0.15, 0.2) is 60.8 Å². The minimum atomic E-state index is -0.862. The predicted molar refractivity (Wildman–Crippen MR) is 129 cm³/mol. The molecule has 1 aromatic heterocycles. The van der Waals surface area contributed by atoms with Gasteiger partial charge in [-0.3, -0.25) is 14.4 Å². The summed E-state index contributed by atoms with van der Waals surface area (Å²) in [6.07, 6.45) is 1.76. The zero-order valence-electron chi connectivity index (χ0n) is 18.4. The Hall–Kier alpha value is -3.75. The van der Waals surface area contributed by atoms with E-state index in [0.29, 0.717) is 27.7 Å². The molecule has 3 amide bonds. The first-order chi connectivity index (χ1) is 16.4. The molecule has 3 aromatic rings. The number of fused-ring (bicyclic) bond motifs is 1. The van der Waals surface area contributed by atoms with Crippen LogP contribution in [0.25, 0.3) is 0 Å². The van der Waals surface area contributed by atoms with Crippen LogP contribution in [0.2, 0.25) is 5.02 Å². The lowest BCUT2D eigenvalue weighted by molar-refractivity contribution is -0.121. The second-order valence-corrected chi connectivity index (χ2v) is 8.45. The van der Waals surface area contributed by atoms with Crippen molar-refractivity contribution in [2.24, 2.45) is 0 Å². The third-order valence-corrected chi connectivity index (χ3v) is 5.77. The lowest BCUT2D eigenvalue weighted by atomic mass is 10.1. The van der Waals surface area contributed by atoms with Crippen molar-refractivity contribution >= 4 is 40.8 Å². The van der Waals surface area contributed by atoms with Crippen molar-refractivity contribution < 1.29 is 19.5 Å². The molecule has 0 fully saturated rings. The quantitative estimate of drug-likeness (QED) is 0.500. The Morgan fingerprint density at radius 1 is 1.15 bits per heavy atom. The number of amides is 3. The molecule has 0 radical (unpaired) electrons. The predicted octanol–water partition coefficient (Wildman–Crippen LogP) is 3.64. The van der Waals surface area contributed by atoms with Crippen LogP contribution in [-0.2, 0) is 11.3 Å². The van der Waals surface area contributed by atoms with Crippen LogP contribution < -0.4 is 10.6 Å². The van der Waals surface area contributed by atoms with Gasteiger partial charge in [-0.15, -0.1) is 0 Å². The minimum Gasteiger partial charge on any atom is -0.396 e. The summed E-state index contributed by atoms with van der Waals surface area (Å²) in [7, 11) is 0. The zero-order valence-corrected chi connectivity index (χ0v) is 19.2. The van der Waals surface area contributed by atoms with Crippen molar-refractivity contribution in [2.45, 2.75) is 25.9 Å². The number of aliphatic hydroxyl groups is 1. The topological polar surface area (TPSA) is 112 Å². The Balaban J connectivity index is 1.55. The van der Waals surface area contributed by atoms with Crippen LogP contribution in [0.5, 0.6) is 0 Å². The largest absolute Gasteiger partial charge is 0.396 e. The highest BCUT2D eigenvalue weighted by molar-refractivity contribution is 6.31. The smallest absolute Gasteiger partial charge is 0.256 e. The van der Waals surface area contributed by atoms with Crippen LogP contribution in [0.4, 0.5) is 11.5 Å². The molecule has 4 rings (SSSR count). The highest BCUT2D eigenvalue weighted by Gasteiger charge is 2.35. The van der Waals surface area contributed by atoms with Crippen LogP contribution in [0.1, 0.15) is 38.3 Å².